The summed E-state index contributed by atoms with van der Waals surface area (Å²) < 4.78 is 0. The highest BCUT2D eigenvalue weighted by Crippen LogP contribution is 2.25. The normalized spacial score (nSPS) is 17.7. The SMILES string of the molecule is Cc1ccc2nc(CC3CCSCC3)[nH]c2c1. The zero-order valence-corrected chi connectivity index (χ0v) is 11.0. The first-order valence-electron chi connectivity index (χ1n) is 6.34. The molecule has 0 aliphatic carbocycles. The first kappa shape index (κ1) is 11.1. The van der Waals surface area contributed by atoms with Crippen molar-refractivity contribution in [2.24, 2.45) is 5.92 Å². The van der Waals surface area contributed by atoms with Gasteiger partial charge in [0.05, 0.1) is 11.0 Å². The van der Waals surface area contributed by atoms with Crippen LogP contribution in [0, 0.1) is 12.8 Å². The van der Waals surface area contributed by atoms with Gasteiger partial charge in [0.1, 0.15) is 5.82 Å². The number of rotatable bonds is 2. The van der Waals surface area contributed by atoms with Crippen molar-refractivity contribution in [1.82, 2.24) is 9.97 Å². The molecule has 0 saturated carbocycles. The number of hydrogen-bond acceptors (Lipinski definition) is 2. The van der Waals surface area contributed by atoms with Crippen LogP contribution in [0.3, 0.4) is 0 Å². The molecular weight excluding hydrogens is 228 g/mol. The maximum Gasteiger partial charge on any atom is 0.107 e. The highest BCUT2D eigenvalue weighted by molar-refractivity contribution is 7.99. The monoisotopic (exact) mass is 246 g/mol. The Morgan fingerprint density at radius 1 is 1.35 bits per heavy atom. The van der Waals surface area contributed by atoms with Gasteiger partial charge in [-0.1, -0.05) is 6.07 Å². The maximum atomic E-state index is 4.69. The van der Waals surface area contributed by atoms with Gasteiger partial charge in [0.2, 0.25) is 0 Å². The minimum Gasteiger partial charge on any atom is -0.342 e. The van der Waals surface area contributed by atoms with Crippen LogP contribution in [-0.4, -0.2) is 21.5 Å². The minimum absolute atomic E-state index is 0.831. The molecule has 1 aromatic carbocycles. The smallest absolute Gasteiger partial charge is 0.107 e. The number of H-pyrrole nitrogens is 1. The van der Waals surface area contributed by atoms with E-state index in [-0.39, 0.29) is 0 Å². The third kappa shape index (κ3) is 2.49. The minimum atomic E-state index is 0.831. The maximum absolute atomic E-state index is 4.69. The summed E-state index contributed by atoms with van der Waals surface area (Å²) in [6, 6.07) is 6.42. The highest BCUT2D eigenvalue weighted by Gasteiger charge is 2.15. The van der Waals surface area contributed by atoms with Crippen molar-refractivity contribution >= 4 is 22.8 Å². The van der Waals surface area contributed by atoms with E-state index >= 15 is 0 Å². The van der Waals surface area contributed by atoms with Crippen molar-refractivity contribution < 1.29 is 0 Å². The predicted octanol–water partition coefficient (Wildman–Crippen LogP) is 3.56. The van der Waals surface area contributed by atoms with Crippen molar-refractivity contribution in [1.29, 1.82) is 0 Å². The number of aryl methyl sites for hydroxylation is 1. The number of imidazole rings is 1. The lowest BCUT2D eigenvalue weighted by Crippen LogP contribution is -2.12. The van der Waals surface area contributed by atoms with Gasteiger partial charge in [0.25, 0.3) is 0 Å². The summed E-state index contributed by atoms with van der Waals surface area (Å²) in [6.07, 6.45) is 3.82. The van der Waals surface area contributed by atoms with E-state index in [0.29, 0.717) is 0 Å². The van der Waals surface area contributed by atoms with Crippen LogP contribution < -0.4 is 0 Å². The van der Waals surface area contributed by atoms with Crippen LogP contribution >= 0.6 is 11.8 Å². The average Bonchev–Trinajstić information content (AvgIpc) is 2.71. The number of aromatic nitrogens is 2. The molecule has 90 valence electrons. The summed E-state index contributed by atoms with van der Waals surface area (Å²) in [5, 5.41) is 0. The molecule has 0 unspecified atom stereocenters. The molecule has 0 spiro atoms. The Bertz CT molecular complexity index is 512. The van der Waals surface area contributed by atoms with Crippen LogP contribution in [0.25, 0.3) is 11.0 Å². The fraction of sp³-hybridized carbons (Fsp3) is 0.500. The van der Waals surface area contributed by atoms with E-state index < -0.39 is 0 Å². The first-order valence-corrected chi connectivity index (χ1v) is 7.50. The lowest BCUT2D eigenvalue weighted by atomic mass is 9.99. The topological polar surface area (TPSA) is 28.7 Å². The summed E-state index contributed by atoms with van der Waals surface area (Å²) in [5.74, 6) is 4.65. The molecule has 0 amide bonds. The Hall–Kier alpha value is -0.960. The Morgan fingerprint density at radius 2 is 2.18 bits per heavy atom. The van der Waals surface area contributed by atoms with Crippen molar-refractivity contribution in [3.8, 4) is 0 Å². The molecule has 2 heterocycles. The molecule has 3 heteroatoms. The number of nitrogens with one attached hydrogen (secondary N) is 1. The summed E-state index contributed by atoms with van der Waals surface area (Å²) >= 11 is 2.09. The van der Waals surface area contributed by atoms with E-state index in [4.69, 9.17) is 0 Å². The fourth-order valence-electron chi connectivity index (χ4n) is 2.50. The van der Waals surface area contributed by atoms with E-state index in [9.17, 15) is 0 Å². The molecule has 1 aliphatic rings. The van der Waals surface area contributed by atoms with Gasteiger partial charge in [-0.05, 0) is 54.9 Å². The van der Waals surface area contributed by atoms with E-state index in [1.54, 1.807) is 0 Å². The molecule has 2 nitrogen and oxygen atoms in total. The number of thioether (sulfide) groups is 1. The van der Waals surface area contributed by atoms with Crippen LogP contribution in [0.2, 0.25) is 0 Å². The Morgan fingerprint density at radius 3 is 3.00 bits per heavy atom. The van der Waals surface area contributed by atoms with E-state index in [1.165, 1.54) is 41.3 Å². The van der Waals surface area contributed by atoms with Gasteiger partial charge in [-0.3, -0.25) is 0 Å². The predicted molar refractivity (Wildman–Crippen MR) is 74.6 cm³/mol. The van der Waals surface area contributed by atoms with Gasteiger partial charge in [-0.25, -0.2) is 4.98 Å². The van der Waals surface area contributed by atoms with E-state index in [0.717, 1.165) is 17.9 Å². The number of aromatic amines is 1. The number of benzene rings is 1. The quantitative estimate of drug-likeness (QED) is 0.877. The highest BCUT2D eigenvalue weighted by atomic mass is 32.2. The summed E-state index contributed by atoms with van der Waals surface area (Å²) in [6.45, 7) is 2.12. The number of nitrogens with zero attached hydrogens (tertiary/aromatic N) is 1. The number of fused-ring (bicyclic) bond motifs is 1. The van der Waals surface area contributed by atoms with E-state index in [2.05, 4.69) is 46.9 Å². The third-order valence-electron chi connectivity index (χ3n) is 3.51. The van der Waals surface area contributed by atoms with Gasteiger partial charge in [-0.15, -0.1) is 0 Å². The zero-order chi connectivity index (χ0) is 11.7. The molecule has 1 N–H and O–H groups in total. The second kappa shape index (κ2) is 4.73. The molecular formula is C14H18N2S. The second-order valence-corrected chi connectivity index (χ2v) is 6.19. The van der Waals surface area contributed by atoms with Crippen LogP contribution in [0.5, 0.6) is 0 Å². The molecule has 0 atom stereocenters. The molecule has 17 heavy (non-hydrogen) atoms. The molecule has 1 fully saturated rings. The van der Waals surface area contributed by atoms with Crippen LogP contribution in [0.4, 0.5) is 0 Å². The molecule has 1 aromatic heterocycles. The summed E-state index contributed by atoms with van der Waals surface area (Å²) in [5.41, 5.74) is 3.59. The lowest BCUT2D eigenvalue weighted by molar-refractivity contribution is 0.478. The second-order valence-electron chi connectivity index (χ2n) is 4.96. The van der Waals surface area contributed by atoms with E-state index in [1.807, 2.05) is 0 Å². The van der Waals surface area contributed by atoms with Crippen molar-refractivity contribution in [3.63, 3.8) is 0 Å². The Balaban J connectivity index is 1.80. The summed E-state index contributed by atoms with van der Waals surface area (Å²) in [7, 11) is 0. The molecule has 1 aliphatic heterocycles. The van der Waals surface area contributed by atoms with Crippen LogP contribution in [0.1, 0.15) is 24.2 Å². The zero-order valence-electron chi connectivity index (χ0n) is 10.2. The molecule has 0 radical (unpaired) electrons. The van der Waals surface area contributed by atoms with Crippen molar-refractivity contribution in [3.05, 3.63) is 29.6 Å². The lowest BCUT2D eigenvalue weighted by Gasteiger charge is -2.19. The van der Waals surface area contributed by atoms with Gasteiger partial charge in [-0.2, -0.15) is 11.8 Å². The van der Waals surface area contributed by atoms with Gasteiger partial charge in [0.15, 0.2) is 0 Å². The summed E-state index contributed by atoms with van der Waals surface area (Å²) in [4.78, 5) is 8.15. The van der Waals surface area contributed by atoms with Crippen molar-refractivity contribution in [2.75, 3.05) is 11.5 Å². The largest absolute Gasteiger partial charge is 0.342 e. The number of hydrogen-bond donors (Lipinski definition) is 1. The van der Waals surface area contributed by atoms with Crippen molar-refractivity contribution in [2.45, 2.75) is 26.2 Å². The average molecular weight is 246 g/mol. The fourth-order valence-corrected chi connectivity index (χ4v) is 3.70. The van der Waals surface area contributed by atoms with Crippen LogP contribution in [0.15, 0.2) is 18.2 Å². The molecule has 2 aromatic rings. The van der Waals surface area contributed by atoms with Gasteiger partial charge >= 0.3 is 0 Å². The Labute approximate surface area is 106 Å². The molecule has 1 saturated heterocycles. The van der Waals surface area contributed by atoms with Crippen LogP contribution in [-0.2, 0) is 6.42 Å². The van der Waals surface area contributed by atoms with Gasteiger partial charge in [0, 0.05) is 6.42 Å². The Kier molecular flexibility index (Phi) is 3.10. The standard InChI is InChI=1S/C14H18N2S/c1-10-2-3-12-13(8-10)16-14(15-12)9-11-4-6-17-7-5-11/h2-3,8,11H,4-7,9H2,1H3,(H,15,16). The molecule has 0 bridgehead atoms. The molecule has 3 rings (SSSR count). The first-order chi connectivity index (χ1) is 8.31. The third-order valence-corrected chi connectivity index (χ3v) is 4.56. The van der Waals surface area contributed by atoms with Gasteiger partial charge < -0.3 is 4.98 Å².